The van der Waals surface area contributed by atoms with Gasteiger partial charge in [-0.2, -0.15) is 0 Å². The summed E-state index contributed by atoms with van der Waals surface area (Å²) in [5.41, 5.74) is 4.64. The van der Waals surface area contributed by atoms with E-state index in [4.69, 9.17) is 9.63 Å². The van der Waals surface area contributed by atoms with E-state index >= 15 is 0 Å². The molecule has 0 spiro atoms. The molecule has 152 valence electrons. The van der Waals surface area contributed by atoms with Gasteiger partial charge in [-0.05, 0) is 55.2 Å². The van der Waals surface area contributed by atoms with Crippen LogP contribution >= 0.6 is 0 Å². The molecule has 2 N–H and O–H groups in total. The first kappa shape index (κ1) is 19.5. The van der Waals surface area contributed by atoms with Gasteiger partial charge in [-0.3, -0.25) is 0 Å². The third-order valence-electron chi connectivity index (χ3n) is 5.99. The van der Waals surface area contributed by atoms with Gasteiger partial charge >= 0.3 is 6.09 Å². The van der Waals surface area contributed by atoms with Crippen LogP contribution in [0.25, 0.3) is 11.0 Å². The summed E-state index contributed by atoms with van der Waals surface area (Å²) in [6, 6.07) is 14.3. The number of amides is 1. The fourth-order valence-electron chi connectivity index (χ4n) is 4.24. The lowest BCUT2D eigenvalue weighted by molar-refractivity contribution is 0.123. The molecule has 3 aromatic rings. The molecule has 2 heterocycles. The number of carbonyl (C=O) groups is 1. The summed E-state index contributed by atoms with van der Waals surface area (Å²) in [4.78, 5) is 12.5. The van der Waals surface area contributed by atoms with Gasteiger partial charge in [-0.15, -0.1) is 0 Å². The third-order valence-corrected chi connectivity index (χ3v) is 5.99. The molecule has 0 saturated carbocycles. The van der Waals surface area contributed by atoms with Gasteiger partial charge in [0.15, 0.2) is 5.58 Å². The maximum absolute atomic E-state index is 11.0. The first-order valence-electron chi connectivity index (χ1n) is 10.2. The molecule has 0 aliphatic carbocycles. The van der Waals surface area contributed by atoms with E-state index in [1.807, 2.05) is 24.3 Å². The second kappa shape index (κ2) is 8.66. The largest absolute Gasteiger partial charge is 0.465 e. The van der Waals surface area contributed by atoms with E-state index in [9.17, 15) is 9.90 Å². The normalized spacial score (nSPS) is 15.1. The molecule has 0 unspecified atom stereocenters. The number of carboxylic acid groups (broad SMARTS) is 1. The molecule has 1 saturated heterocycles. The van der Waals surface area contributed by atoms with Gasteiger partial charge in [0.1, 0.15) is 0 Å². The average molecular weight is 394 g/mol. The number of piperidine rings is 1. The molecule has 0 radical (unpaired) electrons. The van der Waals surface area contributed by atoms with Crippen molar-refractivity contribution >= 4 is 17.1 Å². The van der Waals surface area contributed by atoms with Gasteiger partial charge in [-0.1, -0.05) is 41.6 Å². The van der Waals surface area contributed by atoms with Gasteiger partial charge < -0.3 is 19.6 Å². The fraction of sp³-hybridized carbons (Fsp3) is 0.391. The maximum Gasteiger partial charge on any atom is 0.407 e. The van der Waals surface area contributed by atoms with Crippen LogP contribution in [0.3, 0.4) is 0 Å². The SMILES string of the molecule is O=C(O)N1CCC(CCc2noc3c(CO)c(Cc4ccccc4)ccc23)CC1. The molecule has 1 amide bonds. The van der Waals surface area contributed by atoms with Crippen molar-refractivity contribution in [3.63, 3.8) is 0 Å². The van der Waals surface area contributed by atoms with Crippen LogP contribution in [0.4, 0.5) is 4.79 Å². The van der Waals surface area contributed by atoms with Crippen molar-refractivity contribution in [2.75, 3.05) is 13.1 Å². The Morgan fingerprint density at radius 3 is 2.59 bits per heavy atom. The minimum absolute atomic E-state index is 0.0816. The highest BCUT2D eigenvalue weighted by atomic mass is 16.5. The molecule has 1 aliphatic rings. The van der Waals surface area contributed by atoms with Gasteiger partial charge in [0.05, 0.1) is 12.3 Å². The van der Waals surface area contributed by atoms with Crippen LogP contribution in [0.5, 0.6) is 0 Å². The van der Waals surface area contributed by atoms with Gasteiger partial charge in [0.2, 0.25) is 0 Å². The van der Waals surface area contributed by atoms with Crippen molar-refractivity contribution in [1.29, 1.82) is 0 Å². The zero-order valence-electron chi connectivity index (χ0n) is 16.4. The van der Waals surface area contributed by atoms with E-state index in [0.717, 1.165) is 54.3 Å². The molecular weight excluding hydrogens is 368 g/mol. The Morgan fingerprint density at radius 2 is 1.90 bits per heavy atom. The summed E-state index contributed by atoms with van der Waals surface area (Å²) in [5.74, 6) is 0.506. The standard InChI is InChI=1S/C23H26N2O4/c26-15-20-18(14-17-4-2-1-3-5-17)7-8-19-21(24-29-22(19)20)9-6-16-10-12-25(13-11-16)23(27)28/h1-5,7-8,16,26H,6,9-15H2,(H,27,28). The zero-order valence-corrected chi connectivity index (χ0v) is 16.4. The average Bonchev–Trinajstić information content (AvgIpc) is 3.16. The summed E-state index contributed by atoms with van der Waals surface area (Å²) in [6.07, 6.45) is 3.47. The summed E-state index contributed by atoms with van der Waals surface area (Å²) in [5, 5.41) is 24.3. The van der Waals surface area contributed by atoms with Gasteiger partial charge in [0, 0.05) is 24.0 Å². The smallest absolute Gasteiger partial charge is 0.407 e. The van der Waals surface area contributed by atoms with Crippen LogP contribution in [0.1, 0.15) is 41.6 Å². The Morgan fingerprint density at radius 1 is 1.14 bits per heavy atom. The molecular formula is C23H26N2O4. The van der Waals surface area contributed by atoms with Crippen LogP contribution in [0, 0.1) is 5.92 Å². The number of fused-ring (bicyclic) bond motifs is 1. The number of hydrogen-bond acceptors (Lipinski definition) is 4. The fourth-order valence-corrected chi connectivity index (χ4v) is 4.24. The second-order valence-corrected chi connectivity index (χ2v) is 7.78. The van der Waals surface area contributed by atoms with Crippen molar-refractivity contribution in [3.8, 4) is 0 Å². The number of nitrogens with zero attached hydrogens (tertiary/aromatic N) is 2. The van der Waals surface area contributed by atoms with Crippen molar-refractivity contribution in [1.82, 2.24) is 10.1 Å². The van der Waals surface area contributed by atoms with Crippen molar-refractivity contribution < 1.29 is 19.5 Å². The van der Waals surface area contributed by atoms with Crippen molar-refractivity contribution in [3.05, 3.63) is 64.8 Å². The number of aliphatic hydroxyl groups excluding tert-OH is 1. The summed E-state index contributed by atoms with van der Waals surface area (Å²) < 4.78 is 5.64. The third kappa shape index (κ3) is 4.27. The highest BCUT2D eigenvalue weighted by Gasteiger charge is 2.23. The maximum atomic E-state index is 11.0. The quantitative estimate of drug-likeness (QED) is 0.653. The highest BCUT2D eigenvalue weighted by molar-refractivity contribution is 5.83. The molecule has 0 bridgehead atoms. The minimum Gasteiger partial charge on any atom is -0.465 e. The molecule has 1 aromatic heterocycles. The van der Waals surface area contributed by atoms with Crippen LogP contribution in [-0.2, 0) is 19.4 Å². The van der Waals surface area contributed by atoms with E-state index in [2.05, 4.69) is 23.4 Å². The predicted molar refractivity (Wildman–Crippen MR) is 110 cm³/mol. The number of likely N-dealkylation sites (tertiary alicyclic amines) is 1. The van der Waals surface area contributed by atoms with Gasteiger partial charge in [0.25, 0.3) is 0 Å². The second-order valence-electron chi connectivity index (χ2n) is 7.78. The molecule has 1 fully saturated rings. The number of hydrogen-bond donors (Lipinski definition) is 2. The Bertz CT molecular complexity index is 975. The van der Waals surface area contributed by atoms with E-state index in [1.165, 1.54) is 10.5 Å². The Hall–Kier alpha value is -2.86. The molecule has 6 nitrogen and oxygen atoms in total. The Kier molecular flexibility index (Phi) is 5.81. The molecule has 0 atom stereocenters. The predicted octanol–water partition coefficient (Wildman–Crippen LogP) is 4.23. The monoisotopic (exact) mass is 394 g/mol. The minimum atomic E-state index is -0.825. The van der Waals surface area contributed by atoms with Crippen molar-refractivity contribution in [2.45, 2.75) is 38.7 Å². The number of benzene rings is 2. The number of aliphatic hydroxyl groups is 1. The summed E-state index contributed by atoms with van der Waals surface area (Å²) in [6.45, 7) is 1.13. The lowest BCUT2D eigenvalue weighted by Crippen LogP contribution is -2.37. The first-order valence-corrected chi connectivity index (χ1v) is 10.2. The number of aromatic nitrogens is 1. The number of rotatable bonds is 6. The van der Waals surface area contributed by atoms with Crippen LogP contribution in [0.15, 0.2) is 47.0 Å². The van der Waals surface area contributed by atoms with E-state index < -0.39 is 6.09 Å². The molecule has 6 heteroatoms. The molecule has 4 rings (SSSR count). The Balaban J connectivity index is 1.47. The van der Waals surface area contributed by atoms with Crippen LogP contribution in [0.2, 0.25) is 0 Å². The molecule has 1 aliphatic heterocycles. The van der Waals surface area contributed by atoms with Crippen LogP contribution < -0.4 is 0 Å². The zero-order chi connectivity index (χ0) is 20.2. The van der Waals surface area contributed by atoms with Crippen LogP contribution in [-0.4, -0.2) is 39.5 Å². The summed E-state index contributed by atoms with van der Waals surface area (Å²) >= 11 is 0. The lowest BCUT2D eigenvalue weighted by atomic mass is 9.91. The Labute approximate surface area is 169 Å². The topological polar surface area (TPSA) is 86.8 Å². The van der Waals surface area contributed by atoms with Crippen molar-refractivity contribution in [2.24, 2.45) is 5.92 Å². The van der Waals surface area contributed by atoms with Gasteiger partial charge in [-0.25, -0.2) is 4.79 Å². The van der Waals surface area contributed by atoms with E-state index in [-0.39, 0.29) is 6.61 Å². The molecule has 29 heavy (non-hydrogen) atoms. The first-order chi connectivity index (χ1) is 14.2. The van der Waals surface area contributed by atoms with E-state index in [0.29, 0.717) is 24.6 Å². The number of aryl methyl sites for hydroxylation is 1. The van der Waals surface area contributed by atoms with E-state index in [1.54, 1.807) is 0 Å². The highest BCUT2D eigenvalue weighted by Crippen LogP contribution is 2.29. The molecule has 2 aromatic carbocycles. The summed E-state index contributed by atoms with van der Waals surface area (Å²) in [7, 11) is 0. The lowest BCUT2D eigenvalue weighted by Gasteiger charge is -2.29.